The van der Waals surface area contributed by atoms with Crippen LogP contribution < -0.4 is 5.32 Å². The Bertz CT molecular complexity index is 277. The van der Waals surface area contributed by atoms with Crippen LogP contribution in [0.5, 0.6) is 0 Å². The van der Waals surface area contributed by atoms with Gasteiger partial charge >= 0.3 is 0 Å². The van der Waals surface area contributed by atoms with Gasteiger partial charge in [0.2, 0.25) is 0 Å². The summed E-state index contributed by atoms with van der Waals surface area (Å²) in [5, 5.41) is 3.69. The van der Waals surface area contributed by atoms with Crippen LogP contribution in [0.1, 0.15) is 33.6 Å². The predicted molar refractivity (Wildman–Crippen MR) is 77.5 cm³/mol. The van der Waals surface area contributed by atoms with Crippen molar-refractivity contribution in [2.24, 2.45) is 5.92 Å². The summed E-state index contributed by atoms with van der Waals surface area (Å²) in [5.41, 5.74) is -0.0771. The first-order chi connectivity index (χ1) is 9.10. The molecule has 0 aliphatic carbocycles. The molecule has 1 N–H and O–H groups in total. The first-order valence-electron chi connectivity index (χ1n) is 7.70. The van der Waals surface area contributed by atoms with Gasteiger partial charge in [0.15, 0.2) is 0 Å². The van der Waals surface area contributed by atoms with Gasteiger partial charge in [0.1, 0.15) is 5.60 Å². The van der Waals surface area contributed by atoms with Gasteiger partial charge in [-0.1, -0.05) is 20.8 Å². The molecule has 0 aromatic carbocycles. The molecule has 3 unspecified atom stereocenters. The largest absolute Gasteiger partial charge is 0.378 e. The molecule has 2 aliphatic rings. The summed E-state index contributed by atoms with van der Waals surface area (Å²) in [5.74, 6) is 0.679. The minimum absolute atomic E-state index is 0.0771. The van der Waals surface area contributed by atoms with Crippen LogP contribution in [0.4, 0.5) is 0 Å². The number of nitrogens with one attached hydrogen (secondary N) is 1. The maximum Gasteiger partial charge on any atom is 0.106 e. The molecule has 4 nitrogen and oxygen atoms in total. The highest BCUT2D eigenvalue weighted by Crippen LogP contribution is 2.26. The highest BCUT2D eigenvalue weighted by molar-refractivity contribution is 4.94. The molecule has 4 heteroatoms. The summed E-state index contributed by atoms with van der Waals surface area (Å²) in [6.45, 7) is 11.7. The van der Waals surface area contributed by atoms with Crippen molar-refractivity contribution in [1.29, 1.82) is 0 Å². The van der Waals surface area contributed by atoms with Gasteiger partial charge in [-0.15, -0.1) is 0 Å². The number of nitrogens with zero attached hydrogens (tertiary/aromatic N) is 1. The molecule has 2 heterocycles. The van der Waals surface area contributed by atoms with E-state index in [0.29, 0.717) is 18.0 Å². The number of hydrogen-bond donors (Lipinski definition) is 1. The molecule has 0 radical (unpaired) electrons. The van der Waals surface area contributed by atoms with Gasteiger partial charge < -0.3 is 14.8 Å². The van der Waals surface area contributed by atoms with Crippen molar-refractivity contribution in [3.05, 3.63) is 0 Å². The highest BCUT2D eigenvalue weighted by Gasteiger charge is 2.40. The minimum atomic E-state index is -0.0771. The van der Waals surface area contributed by atoms with Gasteiger partial charge in [0, 0.05) is 51.9 Å². The fourth-order valence-corrected chi connectivity index (χ4v) is 3.23. The zero-order chi connectivity index (χ0) is 13.9. The van der Waals surface area contributed by atoms with Crippen LogP contribution in [0.15, 0.2) is 0 Å². The number of methoxy groups -OCH3 is 1. The van der Waals surface area contributed by atoms with E-state index >= 15 is 0 Å². The SMILES string of the molecule is CCC1CNC(C(C)C)CN1CC1(OC)CCOC1. The van der Waals surface area contributed by atoms with E-state index < -0.39 is 0 Å². The lowest BCUT2D eigenvalue weighted by Gasteiger charge is -2.44. The van der Waals surface area contributed by atoms with Crippen molar-refractivity contribution in [2.45, 2.75) is 51.3 Å². The molecule has 0 spiro atoms. The Balaban J connectivity index is 2.01. The van der Waals surface area contributed by atoms with Crippen LogP contribution in [-0.2, 0) is 9.47 Å². The van der Waals surface area contributed by atoms with E-state index in [1.807, 2.05) is 7.11 Å². The molecular formula is C15H30N2O2. The molecule has 112 valence electrons. The zero-order valence-corrected chi connectivity index (χ0v) is 12.9. The van der Waals surface area contributed by atoms with Gasteiger partial charge in [0.25, 0.3) is 0 Å². The average Bonchev–Trinajstić information content (AvgIpc) is 2.87. The maximum atomic E-state index is 5.80. The van der Waals surface area contributed by atoms with Crippen molar-refractivity contribution >= 4 is 0 Å². The van der Waals surface area contributed by atoms with Gasteiger partial charge in [0.05, 0.1) is 6.61 Å². The minimum Gasteiger partial charge on any atom is -0.378 e. The monoisotopic (exact) mass is 270 g/mol. The second kappa shape index (κ2) is 6.53. The summed E-state index contributed by atoms with van der Waals surface area (Å²) < 4.78 is 11.4. The highest BCUT2D eigenvalue weighted by atomic mass is 16.5. The van der Waals surface area contributed by atoms with Crippen LogP contribution in [0, 0.1) is 5.92 Å². The van der Waals surface area contributed by atoms with Crippen LogP contribution in [0.2, 0.25) is 0 Å². The first-order valence-corrected chi connectivity index (χ1v) is 7.70. The van der Waals surface area contributed by atoms with Crippen LogP contribution >= 0.6 is 0 Å². The molecule has 19 heavy (non-hydrogen) atoms. The summed E-state index contributed by atoms with van der Waals surface area (Å²) in [6.07, 6.45) is 2.22. The number of piperazine rings is 1. The third-order valence-corrected chi connectivity index (χ3v) is 4.83. The third-order valence-electron chi connectivity index (χ3n) is 4.83. The second-order valence-electron chi connectivity index (χ2n) is 6.44. The summed E-state index contributed by atoms with van der Waals surface area (Å²) in [6, 6.07) is 1.22. The van der Waals surface area contributed by atoms with Crippen molar-refractivity contribution in [1.82, 2.24) is 10.2 Å². The van der Waals surface area contributed by atoms with Gasteiger partial charge in [-0.05, 0) is 12.3 Å². The molecule has 2 saturated heterocycles. The lowest BCUT2D eigenvalue weighted by molar-refractivity contribution is -0.0569. The van der Waals surface area contributed by atoms with Gasteiger partial charge in [-0.2, -0.15) is 0 Å². The van der Waals surface area contributed by atoms with E-state index in [-0.39, 0.29) is 5.60 Å². The second-order valence-corrected chi connectivity index (χ2v) is 6.44. The standard InChI is InChI=1S/C15H30N2O2/c1-5-13-8-16-14(12(2)3)9-17(13)10-15(18-4)6-7-19-11-15/h12-14,16H,5-11H2,1-4H3. The molecule has 2 rings (SSSR count). The summed E-state index contributed by atoms with van der Waals surface area (Å²) >= 11 is 0. The summed E-state index contributed by atoms with van der Waals surface area (Å²) in [7, 11) is 1.83. The molecular weight excluding hydrogens is 240 g/mol. The Labute approximate surface area is 117 Å². The van der Waals surface area contributed by atoms with E-state index in [9.17, 15) is 0 Å². The van der Waals surface area contributed by atoms with E-state index in [1.54, 1.807) is 0 Å². The predicted octanol–water partition coefficient (Wildman–Crippen LogP) is 1.50. The first kappa shape index (κ1) is 15.2. The Morgan fingerprint density at radius 1 is 1.47 bits per heavy atom. The third kappa shape index (κ3) is 3.48. The smallest absolute Gasteiger partial charge is 0.106 e. The fourth-order valence-electron chi connectivity index (χ4n) is 3.23. The maximum absolute atomic E-state index is 5.80. The van der Waals surface area contributed by atoms with E-state index in [1.165, 1.54) is 6.42 Å². The summed E-state index contributed by atoms with van der Waals surface area (Å²) in [4.78, 5) is 2.62. The van der Waals surface area contributed by atoms with E-state index in [0.717, 1.165) is 39.3 Å². The van der Waals surface area contributed by atoms with E-state index in [4.69, 9.17) is 9.47 Å². The van der Waals surface area contributed by atoms with Crippen LogP contribution in [0.3, 0.4) is 0 Å². The Morgan fingerprint density at radius 2 is 2.26 bits per heavy atom. The molecule has 3 atom stereocenters. The lowest BCUT2D eigenvalue weighted by Crippen LogP contribution is -2.61. The topological polar surface area (TPSA) is 33.7 Å². The fraction of sp³-hybridized carbons (Fsp3) is 1.00. The van der Waals surface area contributed by atoms with E-state index in [2.05, 4.69) is 31.0 Å². The Kier molecular flexibility index (Phi) is 5.23. The lowest BCUT2D eigenvalue weighted by atomic mass is 9.95. The Hall–Kier alpha value is -0.160. The quantitative estimate of drug-likeness (QED) is 0.821. The molecule has 2 fully saturated rings. The van der Waals surface area contributed by atoms with Crippen LogP contribution in [0.25, 0.3) is 0 Å². The van der Waals surface area contributed by atoms with Crippen molar-refractivity contribution in [2.75, 3.05) is 40.0 Å². The average molecular weight is 270 g/mol. The molecule has 0 aromatic heterocycles. The van der Waals surface area contributed by atoms with Gasteiger partial charge in [-0.3, -0.25) is 4.90 Å². The van der Waals surface area contributed by atoms with Crippen molar-refractivity contribution in [3.63, 3.8) is 0 Å². The molecule has 2 aliphatic heterocycles. The molecule has 0 saturated carbocycles. The van der Waals surface area contributed by atoms with Crippen molar-refractivity contribution in [3.8, 4) is 0 Å². The molecule has 0 amide bonds. The van der Waals surface area contributed by atoms with Crippen LogP contribution in [-0.4, -0.2) is 62.5 Å². The number of ether oxygens (including phenoxy) is 2. The Morgan fingerprint density at radius 3 is 2.79 bits per heavy atom. The zero-order valence-electron chi connectivity index (χ0n) is 12.9. The van der Waals surface area contributed by atoms with Gasteiger partial charge in [-0.25, -0.2) is 0 Å². The normalized spacial score (nSPS) is 37.1. The van der Waals surface area contributed by atoms with Crippen molar-refractivity contribution < 1.29 is 9.47 Å². The molecule has 0 aromatic rings. The molecule has 0 bridgehead atoms. The number of hydrogen-bond acceptors (Lipinski definition) is 4. The number of rotatable bonds is 5.